The highest BCUT2D eigenvalue weighted by Gasteiger charge is 2.29. The van der Waals surface area contributed by atoms with Crippen molar-refractivity contribution in [3.05, 3.63) is 64.7 Å². The van der Waals surface area contributed by atoms with Crippen LogP contribution in [0.4, 0.5) is 0 Å². The van der Waals surface area contributed by atoms with Crippen LogP contribution in [0.2, 0.25) is 0 Å². The Morgan fingerprint density at radius 2 is 1.68 bits per heavy atom. The second-order valence-electron chi connectivity index (χ2n) is 8.22. The van der Waals surface area contributed by atoms with Crippen LogP contribution in [0.25, 0.3) is 0 Å². The highest BCUT2D eigenvalue weighted by atomic mass is 16.5. The molecule has 2 aromatic rings. The predicted molar refractivity (Wildman–Crippen MR) is 125 cm³/mol. The molecule has 2 atom stereocenters. The second-order valence-corrected chi connectivity index (χ2v) is 8.22. The molecule has 0 fully saturated rings. The molecule has 0 aromatic heterocycles. The summed E-state index contributed by atoms with van der Waals surface area (Å²) in [6.45, 7) is 12.3. The standard InChI is InChI=1S/C26H36N2O3/c1-7-21(6)27-26(30)24(8-2)28(16-22-12-10-9-11-19(22)4)25(29)17-31-23-14-13-18(3)20(5)15-23/h9-15,21,24H,7-8,16-17H2,1-6H3,(H,27,30)/t21-,24+/m0/s1. The molecule has 0 unspecified atom stereocenters. The third-order valence-electron chi connectivity index (χ3n) is 5.83. The zero-order chi connectivity index (χ0) is 23.0. The molecule has 2 amide bonds. The SMILES string of the molecule is CC[C@H](C(=O)N[C@@H](C)CC)N(Cc1ccccc1C)C(=O)COc1ccc(C)c(C)c1. The summed E-state index contributed by atoms with van der Waals surface area (Å²) in [5.41, 5.74) is 4.40. The lowest BCUT2D eigenvalue weighted by atomic mass is 10.1. The van der Waals surface area contributed by atoms with E-state index in [0.717, 1.165) is 23.1 Å². The van der Waals surface area contributed by atoms with Crippen molar-refractivity contribution in [2.24, 2.45) is 0 Å². The molecule has 0 aliphatic heterocycles. The zero-order valence-corrected chi connectivity index (χ0v) is 19.7. The smallest absolute Gasteiger partial charge is 0.261 e. The zero-order valence-electron chi connectivity index (χ0n) is 19.7. The predicted octanol–water partition coefficient (Wildman–Crippen LogP) is 4.71. The third kappa shape index (κ3) is 6.84. The van der Waals surface area contributed by atoms with E-state index in [0.29, 0.717) is 18.7 Å². The molecular formula is C26H36N2O3. The second kappa shape index (κ2) is 11.5. The fourth-order valence-electron chi connectivity index (χ4n) is 3.36. The number of hydrogen-bond acceptors (Lipinski definition) is 3. The van der Waals surface area contributed by atoms with Gasteiger partial charge in [0.2, 0.25) is 5.91 Å². The number of carbonyl (C=O) groups is 2. The largest absolute Gasteiger partial charge is 0.484 e. The van der Waals surface area contributed by atoms with E-state index in [1.54, 1.807) is 4.90 Å². The van der Waals surface area contributed by atoms with Crippen LogP contribution in [0.3, 0.4) is 0 Å². The molecular weight excluding hydrogens is 388 g/mol. The van der Waals surface area contributed by atoms with Gasteiger partial charge in [-0.1, -0.05) is 44.2 Å². The van der Waals surface area contributed by atoms with E-state index < -0.39 is 6.04 Å². The van der Waals surface area contributed by atoms with Crippen molar-refractivity contribution in [3.63, 3.8) is 0 Å². The number of rotatable bonds is 10. The molecule has 168 valence electrons. The van der Waals surface area contributed by atoms with E-state index in [2.05, 4.69) is 5.32 Å². The molecule has 0 spiro atoms. The Balaban J connectivity index is 2.24. The Bertz CT molecular complexity index is 894. The van der Waals surface area contributed by atoms with Crippen LogP contribution >= 0.6 is 0 Å². The summed E-state index contributed by atoms with van der Waals surface area (Å²) < 4.78 is 5.81. The van der Waals surface area contributed by atoms with E-state index >= 15 is 0 Å². The van der Waals surface area contributed by atoms with Crippen LogP contribution < -0.4 is 10.1 Å². The van der Waals surface area contributed by atoms with Crippen LogP contribution in [0.1, 0.15) is 55.9 Å². The highest BCUT2D eigenvalue weighted by Crippen LogP contribution is 2.19. The van der Waals surface area contributed by atoms with Gasteiger partial charge in [-0.3, -0.25) is 9.59 Å². The Labute approximate surface area is 186 Å². The Hall–Kier alpha value is -2.82. The lowest BCUT2D eigenvalue weighted by Gasteiger charge is -2.31. The molecule has 0 heterocycles. The monoisotopic (exact) mass is 424 g/mol. The van der Waals surface area contributed by atoms with Crippen LogP contribution in [0.15, 0.2) is 42.5 Å². The minimum absolute atomic E-state index is 0.0590. The summed E-state index contributed by atoms with van der Waals surface area (Å²) in [7, 11) is 0. The summed E-state index contributed by atoms with van der Waals surface area (Å²) in [6, 6.07) is 13.2. The summed E-state index contributed by atoms with van der Waals surface area (Å²) >= 11 is 0. The van der Waals surface area contributed by atoms with Crippen molar-refractivity contribution < 1.29 is 14.3 Å². The van der Waals surface area contributed by atoms with Gasteiger partial charge in [-0.25, -0.2) is 0 Å². The van der Waals surface area contributed by atoms with Crippen molar-refractivity contribution in [2.75, 3.05) is 6.61 Å². The van der Waals surface area contributed by atoms with Crippen molar-refractivity contribution >= 4 is 11.8 Å². The van der Waals surface area contributed by atoms with Gasteiger partial charge in [0.25, 0.3) is 5.91 Å². The average Bonchev–Trinajstić information content (AvgIpc) is 2.75. The number of ether oxygens (including phenoxy) is 1. The molecule has 2 aromatic carbocycles. The number of hydrogen-bond donors (Lipinski definition) is 1. The Morgan fingerprint density at radius 1 is 0.968 bits per heavy atom. The molecule has 0 aliphatic carbocycles. The molecule has 5 heteroatoms. The molecule has 0 saturated heterocycles. The van der Waals surface area contributed by atoms with Gasteiger partial charge < -0.3 is 15.0 Å². The number of benzene rings is 2. The summed E-state index contributed by atoms with van der Waals surface area (Å²) in [5, 5.41) is 3.03. The molecule has 0 bridgehead atoms. The minimum atomic E-state index is -0.551. The fourth-order valence-corrected chi connectivity index (χ4v) is 3.36. The van der Waals surface area contributed by atoms with Crippen LogP contribution in [0.5, 0.6) is 5.75 Å². The molecule has 0 radical (unpaired) electrons. The first-order valence-corrected chi connectivity index (χ1v) is 11.1. The minimum Gasteiger partial charge on any atom is -0.484 e. The van der Waals surface area contributed by atoms with E-state index in [-0.39, 0.29) is 24.5 Å². The van der Waals surface area contributed by atoms with E-state index in [4.69, 9.17) is 4.74 Å². The van der Waals surface area contributed by atoms with Crippen molar-refractivity contribution in [1.82, 2.24) is 10.2 Å². The Morgan fingerprint density at radius 3 is 2.29 bits per heavy atom. The van der Waals surface area contributed by atoms with E-state index in [1.807, 2.05) is 84.0 Å². The lowest BCUT2D eigenvalue weighted by molar-refractivity contribution is -0.143. The first kappa shape index (κ1) is 24.4. The van der Waals surface area contributed by atoms with Gasteiger partial charge in [-0.2, -0.15) is 0 Å². The lowest BCUT2D eigenvalue weighted by Crippen LogP contribution is -2.51. The van der Waals surface area contributed by atoms with Gasteiger partial charge in [0.1, 0.15) is 11.8 Å². The molecule has 1 N–H and O–H groups in total. The first-order chi connectivity index (χ1) is 14.8. The maximum Gasteiger partial charge on any atom is 0.261 e. The van der Waals surface area contributed by atoms with Gasteiger partial charge in [0, 0.05) is 12.6 Å². The first-order valence-electron chi connectivity index (χ1n) is 11.1. The topological polar surface area (TPSA) is 58.6 Å². The highest BCUT2D eigenvalue weighted by molar-refractivity contribution is 5.88. The normalized spacial score (nSPS) is 12.7. The van der Waals surface area contributed by atoms with Crippen molar-refractivity contribution in [2.45, 2.75) is 73.0 Å². The number of aryl methyl sites for hydroxylation is 3. The fraction of sp³-hybridized carbons (Fsp3) is 0.462. The van der Waals surface area contributed by atoms with Crippen molar-refractivity contribution in [1.29, 1.82) is 0 Å². The van der Waals surface area contributed by atoms with Crippen molar-refractivity contribution in [3.8, 4) is 5.75 Å². The van der Waals surface area contributed by atoms with Gasteiger partial charge in [-0.05, 0) is 74.9 Å². The Kier molecular flexibility index (Phi) is 9.10. The quantitative estimate of drug-likeness (QED) is 0.601. The van der Waals surface area contributed by atoms with Gasteiger partial charge >= 0.3 is 0 Å². The van der Waals surface area contributed by atoms with Crippen LogP contribution in [-0.4, -0.2) is 35.4 Å². The molecule has 0 aliphatic rings. The summed E-state index contributed by atoms with van der Waals surface area (Å²) in [5.74, 6) is 0.335. The van der Waals surface area contributed by atoms with E-state index in [9.17, 15) is 9.59 Å². The number of carbonyl (C=O) groups excluding carboxylic acids is 2. The maximum atomic E-state index is 13.3. The number of nitrogens with one attached hydrogen (secondary N) is 1. The average molecular weight is 425 g/mol. The number of nitrogens with zero attached hydrogens (tertiary/aromatic N) is 1. The van der Waals surface area contributed by atoms with E-state index in [1.165, 1.54) is 5.56 Å². The summed E-state index contributed by atoms with van der Waals surface area (Å²) in [6.07, 6.45) is 1.37. The number of amides is 2. The van der Waals surface area contributed by atoms with Gasteiger partial charge in [-0.15, -0.1) is 0 Å². The van der Waals surface area contributed by atoms with Crippen LogP contribution in [-0.2, 0) is 16.1 Å². The molecule has 5 nitrogen and oxygen atoms in total. The van der Waals surface area contributed by atoms with Gasteiger partial charge in [0.05, 0.1) is 0 Å². The molecule has 0 saturated carbocycles. The summed E-state index contributed by atoms with van der Waals surface area (Å²) in [4.78, 5) is 27.9. The third-order valence-corrected chi connectivity index (χ3v) is 5.83. The van der Waals surface area contributed by atoms with Gasteiger partial charge in [0.15, 0.2) is 6.61 Å². The molecule has 31 heavy (non-hydrogen) atoms. The molecule has 2 rings (SSSR count). The maximum absolute atomic E-state index is 13.3. The van der Waals surface area contributed by atoms with Crippen LogP contribution in [0, 0.1) is 20.8 Å².